The number of hydrogen-bond donors (Lipinski definition) is 1. The summed E-state index contributed by atoms with van der Waals surface area (Å²) in [6.45, 7) is 2.73. The summed E-state index contributed by atoms with van der Waals surface area (Å²) in [7, 11) is 0. The molecule has 0 unspecified atom stereocenters. The van der Waals surface area contributed by atoms with Gasteiger partial charge in [0, 0.05) is 24.3 Å². The van der Waals surface area contributed by atoms with Crippen LogP contribution in [0.5, 0.6) is 0 Å². The second-order valence-corrected chi connectivity index (χ2v) is 4.59. The van der Waals surface area contributed by atoms with Crippen molar-refractivity contribution in [2.24, 2.45) is 0 Å². The van der Waals surface area contributed by atoms with Gasteiger partial charge in [-0.15, -0.1) is 0 Å². The molecular weight excluding hydrogens is 244 g/mol. The van der Waals surface area contributed by atoms with E-state index < -0.39 is 11.8 Å². The Bertz CT molecular complexity index is 519. The first-order chi connectivity index (χ1) is 9.08. The third kappa shape index (κ3) is 3.19. The molecule has 1 N–H and O–H groups in total. The zero-order valence-electron chi connectivity index (χ0n) is 10.8. The smallest absolute Gasteiger partial charge is 0.313 e. The van der Waals surface area contributed by atoms with Crippen molar-refractivity contribution in [3.05, 3.63) is 29.8 Å². The number of likely N-dealkylation sites (tertiary alicyclic amines) is 1. The minimum atomic E-state index is -0.650. The molecule has 2 amide bonds. The van der Waals surface area contributed by atoms with Crippen molar-refractivity contribution in [1.29, 1.82) is 0 Å². The Hall–Kier alpha value is -2.17. The standard InChI is InChI=1S/C14H16N2O3/c1-10(17)11-5-4-6-12(9-11)15-13(18)14(19)16-7-2-3-8-16/h4-6,9H,2-3,7-8H2,1H3,(H,15,18). The van der Waals surface area contributed by atoms with Crippen molar-refractivity contribution >= 4 is 23.3 Å². The van der Waals surface area contributed by atoms with E-state index >= 15 is 0 Å². The van der Waals surface area contributed by atoms with Crippen LogP contribution in [0.15, 0.2) is 24.3 Å². The molecule has 1 saturated heterocycles. The van der Waals surface area contributed by atoms with Crippen LogP contribution in [-0.4, -0.2) is 35.6 Å². The summed E-state index contributed by atoms with van der Waals surface area (Å²) >= 11 is 0. The molecule has 0 spiro atoms. The van der Waals surface area contributed by atoms with Gasteiger partial charge in [-0.05, 0) is 31.9 Å². The molecule has 5 heteroatoms. The lowest BCUT2D eigenvalue weighted by molar-refractivity contribution is -0.142. The van der Waals surface area contributed by atoms with Gasteiger partial charge in [0.2, 0.25) is 0 Å². The average molecular weight is 260 g/mol. The summed E-state index contributed by atoms with van der Waals surface area (Å²) in [4.78, 5) is 36.4. The number of carbonyl (C=O) groups excluding carboxylic acids is 3. The van der Waals surface area contributed by atoms with E-state index in [1.165, 1.54) is 6.92 Å². The number of rotatable bonds is 2. The van der Waals surface area contributed by atoms with E-state index in [-0.39, 0.29) is 5.78 Å². The number of nitrogens with zero attached hydrogens (tertiary/aromatic N) is 1. The maximum Gasteiger partial charge on any atom is 0.313 e. The predicted octanol–water partition coefficient (Wildman–Crippen LogP) is 1.45. The molecule has 2 rings (SSSR count). The molecule has 1 aromatic carbocycles. The van der Waals surface area contributed by atoms with Crippen LogP contribution >= 0.6 is 0 Å². The van der Waals surface area contributed by atoms with Crippen molar-refractivity contribution in [2.75, 3.05) is 18.4 Å². The first-order valence-electron chi connectivity index (χ1n) is 6.29. The Balaban J connectivity index is 2.04. The van der Waals surface area contributed by atoms with E-state index in [0.29, 0.717) is 24.3 Å². The Morgan fingerprint density at radius 2 is 1.84 bits per heavy atom. The van der Waals surface area contributed by atoms with E-state index in [1.54, 1.807) is 29.2 Å². The second kappa shape index (κ2) is 5.65. The fourth-order valence-corrected chi connectivity index (χ4v) is 2.06. The number of carbonyl (C=O) groups is 3. The monoisotopic (exact) mass is 260 g/mol. The highest BCUT2D eigenvalue weighted by Gasteiger charge is 2.24. The van der Waals surface area contributed by atoms with Crippen LogP contribution in [0, 0.1) is 0 Å². The summed E-state index contributed by atoms with van der Waals surface area (Å²) in [5, 5.41) is 2.53. The quantitative estimate of drug-likeness (QED) is 0.646. The molecule has 1 aliphatic heterocycles. The van der Waals surface area contributed by atoms with Gasteiger partial charge in [0.25, 0.3) is 0 Å². The van der Waals surface area contributed by atoms with Gasteiger partial charge >= 0.3 is 11.8 Å². The lowest BCUT2D eigenvalue weighted by Crippen LogP contribution is -2.37. The molecule has 0 saturated carbocycles. The maximum absolute atomic E-state index is 11.8. The Morgan fingerprint density at radius 1 is 1.16 bits per heavy atom. The number of hydrogen-bond acceptors (Lipinski definition) is 3. The molecule has 0 bridgehead atoms. The van der Waals surface area contributed by atoms with E-state index in [4.69, 9.17) is 0 Å². The minimum Gasteiger partial charge on any atom is -0.334 e. The van der Waals surface area contributed by atoms with Gasteiger partial charge in [0.05, 0.1) is 0 Å². The number of anilines is 1. The predicted molar refractivity (Wildman–Crippen MR) is 70.9 cm³/mol. The average Bonchev–Trinajstić information content (AvgIpc) is 2.92. The lowest BCUT2D eigenvalue weighted by atomic mass is 10.1. The van der Waals surface area contributed by atoms with Crippen molar-refractivity contribution in [3.8, 4) is 0 Å². The van der Waals surface area contributed by atoms with Crippen molar-refractivity contribution in [3.63, 3.8) is 0 Å². The van der Waals surface area contributed by atoms with E-state index in [1.807, 2.05) is 0 Å². The second-order valence-electron chi connectivity index (χ2n) is 4.59. The van der Waals surface area contributed by atoms with Gasteiger partial charge in [-0.2, -0.15) is 0 Å². The highest BCUT2D eigenvalue weighted by molar-refractivity contribution is 6.39. The third-order valence-corrected chi connectivity index (χ3v) is 3.11. The molecule has 19 heavy (non-hydrogen) atoms. The molecule has 0 aliphatic carbocycles. The Kier molecular flexibility index (Phi) is 3.94. The molecule has 0 radical (unpaired) electrons. The van der Waals surface area contributed by atoms with E-state index in [9.17, 15) is 14.4 Å². The van der Waals surface area contributed by atoms with Crippen molar-refractivity contribution in [1.82, 2.24) is 4.90 Å². The van der Waals surface area contributed by atoms with Crippen LogP contribution in [0.3, 0.4) is 0 Å². The largest absolute Gasteiger partial charge is 0.334 e. The van der Waals surface area contributed by atoms with Crippen LogP contribution in [-0.2, 0) is 9.59 Å². The number of amides is 2. The normalized spacial score (nSPS) is 14.3. The molecule has 1 aliphatic rings. The molecule has 5 nitrogen and oxygen atoms in total. The van der Waals surface area contributed by atoms with Gasteiger partial charge in [-0.1, -0.05) is 12.1 Å². The van der Waals surface area contributed by atoms with E-state index in [0.717, 1.165) is 12.8 Å². The molecule has 100 valence electrons. The molecule has 0 atom stereocenters. The summed E-state index contributed by atoms with van der Waals surface area (Å²) in [6, 6.07) is 6.56. The Labute approximate surface area is 111 Å². The van der Waals surface area contributed by atoms with Gasteiger partial charge < -0.3 is 10.2 Å². The molecule has 1 fully saturated rings. The van der Waals surface area contributed by atoms with Gasteiger partial charge in [0.1, 0.15) is 0 Å². The van der Waals surface area contributed by atoms with Crippen molar-refractivity contribution < 1.29 is 14.4 Å². The molecular formula is C14H16N2O3. The van der Waals surface area contributed by atoms with Crippen LogP contribution < -0.4 is 5.32 Å². The number of nitrogens with one attached hydrogen (secondary N) is 1. The maximum atomic E-state index is 11.8. The van der Waals surface area contributed by atoms with Gasteiger partial charge in [0.15, 0.2) is 5.78 Å². The molecule has 0 aromatic heterocycles. The fourth-order valence-electron chi connectivity index (χ4n) is 2.06. The van der Waals surface area contributed by atoms with Gasteiger partial charge in [-0.25, -0.2) is 0 Å². The topological polar surface area (TPSA) is 66.5 Å². The summed E-state index contributed by atoms with van der Waals surface area (Å²) in [5.41, 5.74) is 0.969. The number of benzene rings is 1. The minimum absolute atomic E-state index is 0.0815. The fraction of sp³-hybridized carbons (Fsp3) is 0.357. The summed E-state index contributed by atoms with van der Waals surface area (Å²) < 4.78 is 0. The van der Waals surface area contributed by atoms with Crippen LogP contribution in [0.1, 0.15) is 30.1 Å². The molecule has 1 aromatic rings. The zero-order valence-corrected chi connectivity index (χ0v) is 10.8. The van der Waals surface area contributed by atoms with Crippen LogP contribution in [0.4, 0.5) is 5.69 Å². The lowest BCUT2D eigenvalue weighted by Gasteiger charge is -2.14. The highest BCUT2D eigenvalue weighted by Crippen LogP contribution is 2.12. The number of ketones is 1. The molecule has 1 heterocycles. The SMILES string of the molecule is CC(=O)c1cccc(NC(=O)C(=O)N2CCCC2)c1. The highest BCUT2D eigenvalue weighted by atomic mass is 16.2. The first-order valence-corrected chi connectivity index (χ1v) is 6.29. The van der Waals surface area contributed by atoms with Crippen LogP contribution in [0.25, 0.3) is 0 Å². The number of Topliss-reactive ketones (excluding diaryl/α,β-unsaturated/α-hetero) is 1. The first kappa shape index (κ1) is 13.3. The van der Waals surface area contributed by atoms with Gasteiger partial charge in [-0.3, -0.25) is 14.4 Å². The van der Waals surface area contributed by atoms with Crippen LogP contribution in [0.2, 0.25) is 0 Å². The summed E-state index contributed by atoms with van der Waals surface area (Å²) in [5.74, 6) is -1.24. The Morgan fingerprint density at radius 3 is 2.47 bits per heavy atom. The zero-order chi connectivity index (χ0) is 13.8. The van der Waals surface area contributed by atoms with E-state index in [2.05, 4.69) is 5.32 Å². The summed E-state index contributed by atoms with van der Waals surface area (Å²) in [6.07, 6.45) is 1.89. The third-order valence-electron chi connectivity index (χ3n) is 3.11. The van der Waals surface area contributed by atoms with Crippen molar-refractivity contribution in [2.45, 2.75) is 19.8 Å².